The Labute approximate surface area is 182 Å². The topological polar surface area (TPSA) is 69.7 Å². The predicted molar refractivity (Wildman–Crippen MR) is 120 cm³/mol. The van der Waals surface area contributed by atoms with E-state index in [4.69, 9.17) is 0 Å². The van der Waals surface area contributed by atoms with Crippen LogP contribution in [0.3, 0.4) is 0 Å². The van der Waals surface area contributed by atoms with Gasteiger partial charge in [-0.1, -0.05) is 17.7 Å². The molecule has 1 aromatic rings. The van der Waals surface area contributed by atoms with Crippen LogP contribution in [0, 0.1) is 26.7 Å². The number of hydrogen-bond acceptors (Lipinski definition) is 4. The van der Waals surface area contributed by atoms with Crippen LogP contribution >= 0.6 is 0 Å². The number of carbonyl (C=O) groups is 1. The maximum absolute atomic E-state index is 13.0. The molecule has 1 aromatic carbocycles. The highest BCUT2D eigenvalue weighted by Crippen LogP contribution is 2.29. The Morgan fingerprint density at radius 2 is 1.50 bits per heavy atom. The number of aryl methyl sites for hydroxylation is 3. The van der Waals surface area contributed by atoms with Crippen LogP contribution in [-0.2, 0) is 14.8 Å². The van der Waals surface area contributed by atoms with Gasteiger partial charge >= 0.3 is 0 Å². The van der Waals surface area contributed by atoms with Gasteiger partial charge in [-0.15, -0.1) is 0 Å². The first-order valence-corrected chi connectivity index (χ1v) is 12.7. The van der Waals surface area contributed by atoms with Crippen molar-refractivity contribution in [3.63, 3.8) is 0 Å². The summed E-state index contributed by atoms with van der Waals surface area (Å²) in [7, 11) is -3.56. The van der Waals surface area contributed by atoms with E-state index in [0.29, 0.717) is 23.8 Å². The Kier molecular flexibility index (Phi) is 7.25. The number of sulfonamides is 1. The number of amides is 1. The van der Waals surface area contributed by atoms with Crippen molar-refractivity contribution < 1.29 is 13.2 Å². The fraction of sp³-hybridized carbons (Fsp3) is 0.696. The molecule has 30 heavy (non-hydrogen) atoms. The van der Waals surface area contributed by atoms with Gasteiger partial charge in [0.25, 0.3) is 0 Å². The van der Waals surface area contributed by atoms with Crippen LogP contribution in [0.4, 0.5) is 0 Å². The fourth-order valence-electron chi connectivity index (χ4n) is 5.04. The molecule has 1 saturated carbocycles. The molecular formula is C23H37N3O3S. The van der Waals surface area contributed by atoms with Crippen molar-refractivity contribution in [3.05, 3.63) is 28.8 Å². The minimum absolute atomic E-state index is 0.0270. The Balaban J connectivity index is 1.55. The van der Waals surface area contributed by atoms with Crippen molar-refractivity contribution in [1.82, 2.24) is 14.5 Å². The quantitative estimate of drug-likeness (QED) is 0.772. The first kappa shape index (κ1) is 23.2. The zero-order valence-corrected chi connectivity index (χ0v) is 19.9. The molecule has 3 rings (SSSR count). The fourth-order valence-corrected chi connectivity index (χ4v) is 6.80. The van der Waals surface area contributed by atoms with E-state index in [1.54, 1.807) is 0 Å². The van der Waals surface area contributed by atoms with E-state index in [-0.39, 0.29) is 17.9 Å². The van der Waals surface area contributed by atoms with Crippen molar-refractivity contribution in [1.29, 1.82) is 0 Å². The molecule has 0 aromatic heterocycles. The van der Waals surface area contributed by atoms with Gasteiger partial charge in [0.05, 0.1) is 4.90 Å². The summed E-state index contributed by atoms with van der Waals surface area (Å²) in [5.74, 6) is 0.282. The summed E-state index contributed by atoms with van der Waals surface area (Å²) in [6, 6.07) is 4.25. The second-order valence-electron chi connectivity index (χ2n) is 9.35. The van der Waals surface area contributed by atoms with E-state index in [0.717, 1.165) is 55.7 Å². The summed E-state index contributed by atoms with van der Waals surface area (Å²) in [6.45, 7) is 13.5. The summed E-state index contributed by atoms with van der Waals surface area (Å²) in [4.78, 5) is 17.7. The summed E-state index contributed by atoms with van der Waals surface area (Å²) in [5, 5.41) is 0. The highest BCUT2D eigenvalue weighted by molar-refractivity contribution is 7.89. The maximum Gasteiger partial charge on any atom is 0.241 e. The van der Waals surface area contributed by atoms with Gasteiger partial charge in [-0.3, -0.25) is 9.69 Å². The Hall–Kier alpha value is -1.44. The van der Waals surface area contributed by atoms with Crippen LogP contribution in [0.25, 0.3) is 0 Å². The molecule has 1 aliphatic carbocycles. The molecule has 1 aliphatic heterocycles. The smallest absolute Gasteiger partial charge is 0.241 e. The monoisotopic (exact) mass is 435 g/mol. The van der Waals surface area contributed by atoms with Crippen molar-refractivity contribution in [2.75, 3.05) is 26.2 Å². The molecule has 6 nitrogen and oxygen atoms in total. The SMILES string of the molecule is Cc1cc(C)c(S(=O)(=O)NC2CCC(C(=O)N3CCN(C(C)C)CC3)CC2)c(C)c1. The summed E-state index contributed by atoms with van der Waals surface area (Å²) >= 11 is 0. The lowest BCUT2D eigenvalue weighted by Gasteiger charge is -2.39. The largest absolute Gasteiger partial charge is 0.340 e. The van der Waals surface area contributed by atoms with Gasteiger partial charge in [0.1, 0.15) is 0 Å². The summed E-state index contributed by atoms with van der Waals surface area (Å²) in [5.41, 5.74) is 2.63. The second kappa shape index (κ2) is 9.37. The predicted octanol–water partition coefficient (Wildman–Crippen LogP) is 3.00. The van der Waals surface area contributed by atoms with Gasteiger partial charge in [0.15, 0.2) is 0 Å². The maximum atomic E-state index is 13.0. The highest BCUT2D eigenvalue weighted by atomic mass is 32.2. The molecule has 1 amide bonds. The van der Waals surface area contributed by atoms with E-state index in [9.17, 15) is 13.2 Å². The molecule has 1 N–H and O–H groups in total. The lowest BCUT2D eigenvalue weighted by molar-refractivity contribution is -0.138. The molecule has 0 bridgehead atoms. The minimum atomic E-state index is -3.56. The molecule has 1 saturated heterocycles. The molecule has 2 fully saturated rings. The average Bonchev–Trinajstić information content (AvgIpc) is 2.66. The third-order valence-electron chi connectivity index (χ3n) is 6.63. The van der Waals surface area contributed by atoms with Crippen molar-refractivity contribution in [2.24, 2.45) is 5.92 Å². The average molecular weight is 436 g/mol. The third kappa shape index (κ3) is 5.24. The first-order chi connectivity index (χ1) is 14.1. The first-order valence-electron chi connectivity index (χ1n) is 11.2. The molecule has 0 unspecified atom stereocenters. The Morgan fingerprint density at radius 1 is 0.967 bits per heavy atom. The van der Waals surface area contributed by atoms with Crippen LogP contribution in [0.15, 0.2) is 17.0 Å². The molecule has 0 spiro atoms. The highest BCUT2D eigenvalue weighted by Gasteiger charge is 2.33. The van der Waals surface area contributed by atoms with Crippen LogP contribution in [0.5, 0.6) is 0 Å². The number of hydrogen-bond donors (Lipinski definition) is 1. The van der Waals surface area contributed by atoms with E-state index < -0.39 is 10.0 Å². The van der Waals surface area contributed by atoms with Crippen molar-refractivity contribution in [2.45, 2.75) is 77.3 Å². The molecule has 1 heterocycles. The summed E-state index contributed by atoms with van der Waals surface area (Å²) in [6.07, 6.45) is 2.93. The van der Waals surface area contributed by atoms with Crippen LogP contribution in [0.2, 0.25) is 0 Å². The molecular weight excluding hydrogens is 398 g/mol. The Bertz CT molecular complexity index is 843. The number of piperazine rings is 1. The van der Waals surface area contributed by atoms with Gasteiger partial charge in [0, 0.05) is 44.2 Å². The van der Waals surface area contributed by atoms with Crippen molar-refractivity contribution >= 4 is 15.9 Å². The number of carbonyl (C=O) groups excluding carboxylic acids is 1. The molecule has 168 valence electrons. The summed E-state index contributed by atoms with van der Waals surface area (Å²) < 4.78 is 28.9. The van der Waals surface area contributed by atoms with Gasteiger partial charge in [-0.2, -0.15) is 0 Å². The van der Waals surface area contributed by atoms with E-state index >= 15 is 0 Å². The van der Waals surface area contributed by atoms with Crippen LogP contribution < -0.4 is 4.72 Å². The molecule has 2 aliphatic rings. The van der Waals surface area contributed by atoms with Gasteiger partial charge < -0.3 is 4.90 Å². The lowest BCUT2D eigenvalue weighted by atomic mass is 9.85. The zero-order chi connectivity index (χ0) is 22.1. The van der Waals surface area contributed by atoms with Gasteiger partial charge in [0.2, 0.25) is 15.9 Å². The van der Waals surface area contributed by atoms with E-state index in [1.165, 1.54) is 0 Å². The van der Waals surface area contributed by atoms with Gasteiger partial charge in [-0.25, -0.2) is 13.1 Å². The van der Waals surface area contributed by atoms with Gasteiger partial charge in [-0.05, 0) is 71.4 Å². The second-order valence-corrected chi connectivity index (χ2v) is 11.0. The molecule has 7 heteroatoms. The van der Waals surface area contributed by atoms with E-state index in [2.05, 4.69) is 23.5 Å². The standard InChI is InChI=1S/C23H37N3O3S/c1-16(2)25-10-12-26(13-11-25)23(27)20-6-8-21(9-7-20)24-30(28,29)22-18(4)14-17(3)15-19(22)5/h14-16,20-21,24H,6-13H2,1-5H3. The van der Waals surface area contributed by atoms with Crippen LogP contribution in [0.1, 0.15) is 56.2 Å². The normalized spacial score (nSPS) is 23.7. The van der Waals surface area contributed by atoms with E-state index in [1.807, 2.05) is 37.8 Å². The third-order valence-corrected chi connectivity index (χ3v) is 8.45. The van der Waals surface area contributed by atoms with Crippen LogP contribution in [-0.4, -0.2) is 62.4 Å². The number of benzene rings is 1. The number of nitrogens with zero attached hydrogens (tertiary/aromatic N) is 2. The lowest BCUT2D eigenvalue weighted by Crippen LogP contribution is -2.52. The molecule has 0 radical (unpaired) electrons. The zero-order valence-electron chi connectivity index (χ0n) is 19.1. The Morgan fingerprint density at radius 3 is 2.00 bits per heavy atom. The number of nitrogens with one attached hydrogen (secondary N) is 1. The number of rotatable bonds is 5. The minimum Gasteiger partial charge on any atom is -0.340 e. The molecule has 0 atom stereocenters. The van der Waals surface area contributed by atoms with Crippen molar-refractivity contribution in [3.8, 4) is 0 Å².